The van der Waals surface area contributed by atoms with E-state index in [2.05, 4.69) is 49.1 Å². The minimum atomic E-state index is -0.338. The van der Waals surface area contributed by atoms with Gasteiger partial charge in [-0.15, -0.1) is 0 Å². The van der Waals surface area contributed by atoms with Crippen molar-refractivity contribution in [2.45, 2.75) is 12.5 Å². The maximum Gasteiger partial charge on any atom is 0.247 e. The van der Waals surface area contributed by atoms with Gasteiger partial charge in [-0.3, -0.25) is 14.3 Å². The van der Waals surface area contributed by atoms with Crippen LogP contribution in [0.3, 0.4) is 0 Å². The lowest BCUT2D eigenvalue weighted by Crippen LogP contribution is -2.44. The molecule has 4 heterocycles. The quantitative estimate of drug-likeness (QED) is 0.261. The standard InChI is InChI=1S/C32H36FN9O3/c1-5-32(43)38-25-15-26(29(44-4)16-28(25)41-9-7-39(2)8-10-41)37-30-17-31(35-20-34-30)42-27(6-11-45-42)22-12-21(13-24(33)14-22)23-18-36-40(3)19-23/h5,12-20,27H,1,6-11H2,2-4H3,(H,38,43)(H,34,35,37). The number of methoxy groups -OCH3 is 1. The zero-order valence-electron chi connectivity index (χ0n) is 25.5. The van der Waals surface area contributed by atoms with Crippen molar-refractivity contribution in [3.63, 3.8) is 0 Å². The van der Waals surface area contributed by atoms with Gasteiger partial charge in [-0.1, -0.05) is 6.58 Å². The van der Waals surface area contributed by atoms with Crippen LogP contribution in [-0.4, -0.2) is 77.5 Å². The molecule has 2 aromatic carbocycles. The number of benzene rings is 2. The Labute approximate surface area is 261 Å². The van der Waals surface area contributed by atoms with Crippen LogP contribution in [0.1, 0.15) is 18.0 Å². The predicted octanol–water partition coefficient (Wildman–Crippen LogP) is 4.53. The van der Waals surface area contributed by atoms with E-state index < -0.39 is 0 Å². The zero-order chi connectivity index (χ0) is 31.5. The maximum atomic E-state index is 14.8. The van der Waals surface area contributed by atoms with E-state index in [1.165, 1.54) is 24.5 Å². The van der Waals surface area contributed by atoms with Gasteiger partial charge in [0.05, 0.1) is 43.0 Å². The number of likely N-dealkylation sites (N-methyl/N-ethyl adjacent to an activating group) is 1. The van der Waals surface area contributed by atoms with Gasteiger partial charge in [0.2, 0.25) is 5.91 Å². The van der Waals surface area contributed by atoms with Crippen LogP contribution < -0.4 is 25.3 Å². The van der Waals surface area contributed by atoms with Crippen molar-refractivity contribution in [1.82, 2.24) is 24.6 Å². The van der Waals surface area contributed by atoms with Crippen molar-refractivity contribution in [2.75, 3.05) is 67.5 Å². The van der Waals surface area contributed by atoms with Crippen LogP contribution in [-0.2, 0) is 16.7 Å². The first kappa shape index (κ1) is 30.0. The highest BCUT2D eigenvalue weighted by atomic mass is 19.1. The molecule has 2 aromatic heterocycles. The summed E-state index contributed by atoms with van der Waals surface area (Å²) in [5.74, 6) is 0.923. The van der Waals surface area contributed by atoms with Gasteiger partial charge in [-0.25, -0.2) is 19.4 Å². The highest BCUT2D eigenvalue weighted by Gasteiger charge is 2.30. The summed E-state index contributed by atoms with van der Waals surface area (Å²) in [7, 11) is 5.52. The first-order valence-electron chi connectivity index (χ1n) is 14.7. The number of piperazine rings is 1. The average molecular weight is 614 g/mol. The number of carbonyl (C=O) groups excluding carboxylic acids is 1. The number of ether oxygens (including phenoxy) is 1. The molecule has 6 rings (SSSR count). The van der Waals surface area contributed by atoms with E-state index >= 15 is 0 Å². The van der Waals surface area contributed by atoms with Crippen molar-refractivity contribution in [3.05, 3.63) is 79.2 Å². The third-order valence-corrected chi connectivity index (χ3v) is 7.99. The molecule has 1 atom stereocenters. The van der Waals surface area contributed by atoms with Crippen LogP contribution in [0.5, 0.6) is 5.75 Å². The molecule has 1 amide bonds. The van der Waals surface area contributed by atoms with Crippen LogP contribution in [0.2, 0.25) is 0 Å². The number of halogens is 1. The second kappa shape index (κ2) is 12.9. The SMILES string of the molecule is C=CC(=O)Nc1cc(Nc2cc(N3OCCC3c3cc(F)cc(-c4cnn(C)c4)c3)ncn2)c(OC)cc1N1CCN(C)CC1. The highest BCUT2D eigenvalue weighted by molar-refractivity contribution is 6.02. The van der Waals surface area contributed by atoms with Gasteiger partial charge >= 0.3 is 0 Å². The molecule has 12 nitrogen and oxygen atoms in total. The molecule has 0 radical (unpaired) electrons. The van der Waals surface area contributed by atoms with Crippen LogP contribution in [0.4, 0.5) is 33.1 Å². The number of hydrogen-bond donors (Lipinski definition) is 2. The van der Waals surface area contributed by atoms with Crippen molar-refractivity contribution < 1.29 is 18.8 Å². The summed E-state index contributed by atoms with van der Waals surface area (Å²) in [5, 5.41) is 12.2. The summed E-state index contributed by atoms with van der Waals surface area (Å²) in [5.41, 5.74) is 4.42. The lowest BCUT2D eigenvalue weighted by atomic mass is 9.99. The molecule has 0 aliphatic carbocycles. The summed E-state index contributed by atoms with van der Waals surface area (Å²) in [6.45, 7) is 7.48. The molecule has 4 aromatic rings. The molecule has 234 valence electrons. The monoisotopic (exact) mass is 613 g/mol. The second-order valence-corrected chi connectivity index (χ2v) is 11.1. The second-order valence-electron chi connectivity index (χ2n) is 11.1. The van der Waals surface area contributed by atoms with Crippen molar-refractivity contribution >= 4 is 34.6 Å². The van der Waals surface area contributed by atoms with E-state index in [1.54, 1.807) is 29.1 Å². The summed E-state index contributed by atoms with van der Waals surface area (Å²) < 4.78 is 22.3. The van der Waals surface area contributed by atoms with Crippen molar-refractivity contribution in [2.24, 2.45) is 7.05 Å². The Hall–Kier alpha value is -5.01. The largest absolute Gasteiger partial charge is 0.494 e. The molecule has 0 bridgehead atoms. The Morgan fingerprint density at radius 1 is 1.07 bits per heavy atom. The Kier molecular flexibility index (Phi) is 8.62. The van der Waals surface area contributed by atoms with E-state index in [9.17, 15) is 9.18 Å². The molecule has 2 aliphatic rings. The number of nitrogens with zero attached hydrogens (tertiary/aromatic N) is 7. The average Bonchev–Trinajstić information content (AvgIpc) is 3.71. The third-order valence-electron chi connectivity index (χ3n) is 7.99. The number of anilines is 5. The Morgan fingerprint density at radius 3 is 2.62 bits per heavy atom. The number of carbonyl (C=O) groups is 1. The number of hydrogen-bond acceptors (Lipinski definition) is 10. The van der Waals surface area contributed by atoms with E-state index in [0.717, 1.165) is 48.6 Å². The fraction of sp³-hybridized carbons (Fsp3) is 0.312. The third kappa shape index (κ3) is 6.59. The van der Waals surface area contributed by atoms with E-state index in [1.807, 2.05) is 31.4 Å². The summed E-state index contributed by atoms with van der Waals surface area (Å²) >= 11 is 0. The van der Waals surface area contributed by atoms with Gasteiger partial charge in [0, 0.05) is 63.5 Å². The molecule has 0 spiro atoms. The van der Waals surface area contributed by atoms with Gasteiger partial charge in [0.25, 0.3) is 0 Å². The number of aromatic nitrogens is 4. The number of amides is 1. The lowest BCUT2D eigenvalue weighted by molar-refractivity contribution is -0.111. The fourth-order valence-electron chi connectivity index (χ4n) is 5.64. The van der Waals surface area contributed by atoms with Crippen LogP contribution >= 0.6 is 0 Å². The maximum absolute atomic E-state index is 14.8. The predicted molar refractivity (Wildman–Crippen MR) is 171 cm³/mol. The van der Waals surface area contributed by atoms with E-state index in [0.29, 0.717) is 41.8 Å². The molecule has 1 unspecified atom stereocenters. The topological polar surface area (TPSA) is 113 Å². The molecule has 0 saturated carbocycles. The molecule has 2 saturated heterocycles. The molecular formula is C32H36FN9O3. The van der Waals surface area contributed by atoms with Gasteiger partial charge in [0.1, 0.15) is 23.7 Å². The Bertz CT molecular complexity index is 1700. The highest BCUT2D eigenvalue weighted by Crippen LogP contribution is 2.40. The lowest BCUT2D eigenvalue weighted by Gasteiger charge is -2.35. The summed E-state index contributed by atoms with van der Waals surface area (Å²) in [4.78, 5) is 31.8. The Morgan fingerprint density at radius 2 is 1.89 bits per heavy atom. The molecule has 2 N–H and O–H groups in total. The van der Waals surface area contributed by atoms with Crippen LogP contribution in [0.15, 0.2) is 67.8 Å². The molecule has 45 heavy (non-hydrogen) atoms. The number of aryl methyl sites for hydroxylation is 1. The van der Waals surface area contributed by atoms with Gasteiger partial charge in [0.15, 0.2) is 5.82 Å². The van der Waals surface area contributed by atoms with E-state index in [4.69, 9.17) is 9.57 Å². The number of nitrogens with one attached hydrogen (secondary N) is 2. The number of rotatable bonds is 9. The first-order chi connectivity index (χ1) is 21.8. The zero-order valence-corrected chi connectivity index (χ0v) is 25.5. The molecule has 13 heteroatoms. The summed E-state index contributed by atoms with van der Waals surface area (Å²) in [6, 6.07) is 10.2. The minimum absolute atomic E-state index is 0.267. The summed E-state index contributed by atoms with van der Waals surface area (Å²) in [6.07, 6.45) is 6.89. The van der Waals surface area contributed by atoms with Crippen LogP contribution in [0, 0.1) is 5.82 Å². The van der Waals surface area contributed by atoms with Crippen LogP contribution in [0.25, 0.3) is 11.1 Å². The normalized spacial score (nSPS) is 16.9. The molecule has 2 fully saturated rings. The smallest absolute Gasteiger partial charge is 0.247 e. The molecular weight excluding hydrogens is 577 g/mol. The van der Waals surface area contributed by atoms with Gasteiger partial charge in [-0.05, 0) is 48.5 Å². The van der Waals surface area contributed by atoms with Gasteiger partial charge in [-0.2, -0.15) is 5.10 Å². The first-order valence-corrected chi connectivity index (χ1v) is 14.7. The van der Waals surface area contributed by atoms with Gasteiger partial charge < -0.3 is 25.2 Å². The van der Waals surface area contributed by atoms with E-state index in [-0.39, 0.29) is 17.8 Å². The van der Waals surface area contributed by atoms with Crippen molar-refractivity contribution in [3.8, 4) is 16.9 Å². The molecule has 2 aliphatic heterocycles. The fourth-order valence-corrected chi connectivity index (χ4v) is 5.64. The Balaban J connectivity index is 1.29. The number of hydroxylamine groups is 1. The van der Waals surface area contributed by atoms with Crippen molar-refractivity contribution in [1.29, 1.82) is 0 Å². The minimum Gasteiger partial charge on any atom is -0.494 e.